The Labute approximate surface area is 98.4 Å². The van der Waals surface area contributed by atoms with Crippen molar-refractivity contribution in [2.45, 2.75) is 19.3 Å². The summed E-state index contributed by atoms with van der Waals surface area (Å²) in [6.07, 6.45) is 1.34. The van der Waals surface area contributed by atoms with E-state index in [1.807, 2.05) is 6.07 Å². The number of nitrogens with zero attached hydrogens (tertiary/aromatic N) is 1. The number of hydrogen-bond acceptors (Lipinski definition) is 2. The Hall–Kier alpha value is -1.04. The smallest absolute Gasteiger partial charge is 0.162 e. The SMILES string of the molecule is N#CCCCC(=O)c1ccc(Cl)c(Cl)c1. The van der Waals surface area contributed by atoms with E-state index in [2.05, 4.69) is 0 Å². The molecule has 0 saturated heterocycles. The highest BCUT2D eigenvalue weighted by molar-refractivity contribution is 6.42. The zero-order valence-electron chi connectivity index (χ0n) is 7.96. The summed E-state index contributed by atoms with van der Waals surface area (Å²) in [5, 5.41) is 9.14. The maximum atomic E-state index is 11.6. The van der Waals surface area contributed by atoms with Gasteiger partial charge in [-0.05, 0) is 24.6 Å². The first kappa shape index (κ1) is 12.0. The molecular weight excluding hydrogens is 233 g/mol. The molecule has 0 unspecified atom stereocenters. The van der Waals surface area contributed by atoms with E-state index in [9.17, 15) is 4.79 Å². The third-order valence-corrected chi connectivity index (χ3v) is 2.67. The number of carbonyl (C=O) groups is 1. The first-order valence-electron chi connectivity index (χ1n) is 4.50. The van der Waals surface area contributed by atoms with Crippen LogP contribution in [-0.2, 0) is 0 Å². The average Bonchev–Trinajstić information content (AvgIpc) is 2.22. The van der Waals surface area contributed by atoms with Crippen LogP contribution >= 0.6 is 23.2 Å². The van der Waals surface area contributed by atoms with Gasteiger partial charge in [0, 0.05) is 18.4 Å². The number of unbranched alkanes of at least 4 members (excludes halogenated alkanes) is 1. The van der Waals surface area contributed by atoms with Crippen LogP contribution in [0.1, 0.15) is 29.6 Å². The van der Waals surface area contributed by atoms with Gasteiger partial charge in [0.2, 0.25) is 0 Å². The van der Waals surface area contributed by atoms with Gasteiger partial charge in [-0.25, -0.2) is 0 Å². The summed E-state index contributed by atoms with van der Waals surface area (Å²) in [5.74, 6) is -0.0104. The fourth-order valence-corrected chi connectivity index (χ4v) is 1.44. The number of benzene rings is 1. The largest absolute Gasteiger partial charge is 0.294 e. The molecular formula is C11H9Cl2NO. The number of carbonyl (C=O) groups excluding carboxylic acids is 1. The van der Waals surface area contributed by atoms with Crippen LogP contribution in [0.2, 0.25) is 10.0 Å². The summed E-state index contributed by atoms with van der Waals surface area (Å²) in [7, 11) is 0. The third-order valence-electron chi connectivity index (χ3n) is 1.93. The van der Waals surface area contributed by atoms with Crippen molar-refractivity contribution < 1.29 is 4.79 Å². The van der Waals surface area contributed by atoms with Crippen molar-refractivity contribution >= 4 is 29.0 Å². The van der Waals surface area contributed by atoms with Crippen LogP contribution in [0.15, 0.2) is 18.2 Å². The quantitative estimate of drug-likeness (QED) is 0.593. The van der Waals surface area contributed by atoms with E-state index >= 15 is 0 Å². The normalized spacial score (nSPS) is 9.67. The molecule has 0 bridgehead atoms. The monoisotopic (exact) mass is 241 g/mol. The van der Waals surface area contributed by atoms with E-state index in [0.717, 1.165) is 0 Å². The molecule has 0 aliphatic rings. The number of nitriles is 1. The molecule has 0 heterocycles. The second kappa shape index (κ2) is 5.75. The van der Waals surface area contributed by atoms with Crippen molar-refractivity contribution in [2.75, 3.05) is 0 Å². The van der Waals surface area contributed by atoms with Gasteiger partial charge in [0.25, 0.3) is 0 Å². The van der Waals surface area contributed by atoms with E-state index in [-0.39, 0.29) is 5.78 Å². The van der Waals surface area contributed by atoms with Gasteiger partial charge in [-0.15, -0.1) is 0 Å². The van der Waals surface area contributed by atoms with E-state index in [0.29, 0.717) is 34.9 Å². The lowest BCUT2D eigenvalue weighted by Crippen LogP contribution is -1.98. The van der Waals surface area contributed by atoms with Crippen LogP contribution < -0.4 is 0 Å². The summed E-state index contributed by atoms with van der Waals surface area (Å²) < 4.78 is 0. The Bertz CT molecular complexity index is 410. The molecule has 1 rings (SSSR count). The van der Waals surface area contributed by atoms with Gasteiger partial charge in [0.15, 0.2) is 5.78 Å². The predicted molar refractivity (Wildman–Crippen MR) is 60.3 cm³/mol. The number of Topliss-reactive ketones (excluding diaryl/α,β-unsaturated/α-hetero) is 1. The van der Waals surface area contributed by atoms with Crippen LogP contribution in [0.4, 0.5) is 0 Å². The van der Waals surface area contributed by atoms with Gasteiger partial charge in [0.1, 0.15) is 0 Å². The highest BCUT2D eigenvalue weighted by Gasteiger charge is 2.07. The predicted octanol–water partition coefficient (Wildman–Crippen LogP) is 3.87. The van der Waals surface area contributed by atoms with Crippen LogP contribution in [-0.4, -0.2) is 5.78 Å². The van der Waals surface area contributed by atoms with E-state index in [1.54, 1.807) is 18.2 Å². The van der Waals surface area contributed by atoms with Gasteiger partial charge < -0.3 is 0 Å². The summed E-state index contributed by atoms with van der Waals surface area (Å²) in [4.78, 5) is 11.6. The third kappa shape index (κ3) is 3.54. The highest BCUT2D eigenvalue weighted by Crippen LogP contribution is 2.23. The summed E-state index contributed by atoms with van der Waals surface area (Å²) in [6.45, 7) is 0. The Morgan fingerprint density at radius 1 is 1.33 bits per heavy atom. The molecule has 0 radical (unpaired) electrons. The lowest BCUT2D eigenvalue weighted by molar-refractivity contribution is 0.0980. The lowest BCUT2D eigenvalue weighted by Gasteiger charge is -2.01. The Kier molecular flexibility index (Phi) is 4.61. The van der Waals surface area contributed by atoms with Gasteiger partial charge in [0.05, 0.1) is 16.1 Å². The zero-order valence-corrected chi connectivity index (χ0v) is 9.48. The summed E-state index contributed by atoms with van der Waals surface area (Å²) >= 11 is 11.5. The molecule has 0 fully saturated rings. The summed E-state index contributed by atoms with van der Waals surface area (Å²) in [6, 6.07) is 6.79. The van der Waals surface area contributed by atoms with Gasteiger partial charge in [-0.2, -0.15) is 5.26 Å². The molecule has 0 aliphatic heterocycles. The first-order valence-corrected chi connectivity index (χ1v) is 5.26. The Morgan fingerprint density at radius 3 is 2.67 bits per heavy atom. The van der Waals surface area contributed by atoms with Crippen LogP contribution in [0.25, 0.3) is 0 Å². The number of halogens is 2. The van der Waals surface area contributed by atoms with Gasteiger partial charge in [-0.3, -0.25) is 4.79 Å². The fourth-order valence-electron chi connectivity index (χ4n) is 1.14. The Balaban J connectivity index is 2.67. The van der Waals surface area contributed by atoms with Crippen molar-refractivity contribution in [3.63, 3.8) is 0 Å². The number of rotatable bonds is 4. The van der Waals surface area contributed by atoms with Crippen LogP contribution in [0.3, 0.4) is 0 Å². The minimum absolute atomic E-state index is 0.0104. The number of hydrogen-bond donors (Lipinski definition) is 0. The van der Waals surface area contributed by atoms with Crippen LogP contribution in [0, 0.1) is 11.3 Å². The average molecular weight is 242 g/mol. The van der Waals surface area contributed by atoms with E-state index in [4.69, 9.17) is 28.5 Å². The zero-order chi connectivity index (χ0) is 11.3. The molecule has 0 saturated carbocycles. The standard InChI is InChI=1S/C11H9Cl2NO/c12-9-5-4-8(7-10(9)13)11(15)3-1-2-6-14/h4-5,7H,1-3H2. The van der Waals surface area contributed by atoms with Crippen molar-refractivity contribution in [3.8, 4) is 6.07 Å². The highest BCUT2D eigenvalue weighted by atomic mass is 35.5. The number of ketones is 1. The molecule has 1 aromatic carbocycles. The molecule has 0 aromatic heterocycles. The maximum Gasteiger partial charge on any atom is 0.162 e. The molecule has 4 heteroatoms. The molecule has 0 N–H and O–H groups in total. The molecule has 0 spiro atoms. The second-order valence-corrected chi connectivity index (χ2v) is 3.88. The first-order chi connectivity index (χ1) is 7.15. The maximum absolute atomic E-state index is 11.6. The van der Waals surface area contributed by atoms with E-state index < -0.39 is 0 Å². The second-order valence-electron chi connectivity index (χ2n) is 3.06. The molecule has 0 atom stereocenters. The molecule has 78 valence electrons. The molecule has 0 aliphatic carbocycles. The lowest BCUT2D eigenvalue weighted by atomic mass is 10.1. The van der Waals surface area contributed by atoms with E-state index in [1.165, 1.54) is 0 Å². The van der Waals surface area contributed by atoms with Crippen LogP contribution in [0.5, 0.6) is 0 Å². The minimum atomic E-state index is -0.0104. The Morgan fingerprint density at radius 2 is 2.07 bits per heavy atom. The molecule has 2 nitrogen and oxygen atoms in total. The minimum Gasteiger partial charge on any atom is -0.294 e. The fraction of sp³-hybridized carbons (Fsp3) is 0.273. The summed E-state index contributed by atoms with van der Waals surface area (Å²) in [5.41, 5.74) is 0.544. The molecule has 0 amide bonds. The topological polar surface area (TPSA) is 40.9 Å². The van der Waals surface area contributed by atoms with Crippen molar-refractivity contribution in [2.24, 2.45) is 0 Å². The van der Waals surface area contributed by atoms with Gasteiger partial charge in [-0.1, -0.05) is 23.2 Å². The molecule has 15 heavy (non-hydrogen) atoms. The van der Waals surface area contributed by atoms with Gasteiger partial charge >= 0.3 is 0 Å². The van der Waals surface area contributed by atoms with Crippen molar-refractivity contribution in [1.82, 2.24) is 0 Å². The molecule has 1 aromatic rings. The van der Waals surface area contributed by atoms with Crippen molar-refractivity contribution in [3.05, 3.63) is 33.8 Å². The van der Waals surface area contributed by atoms with Crippen molar-refractivity contribution in [1.29, 1.82) is 5.26 Å².